The van der Waals surface area contributed by atoms with Gasteiger partial charge in [0.25, 0.3) is 0 Å². The molecule has 0 fully saturated rings. The minimum Gasteiger partial charge on any atom is -0.375 e. The van der Waals surface area contributed by atoms with Crippen LogP contribution in [0.5, 0.6) is 0 Å². The Kier molecular flexibility index (Phi) is 4.68. The van der Waals surface area contributed by atoms with Gasteiger partial charge in [0.15, 0.2) is 0 Å². The highest BCUT2D eigenvalue weighted by molar-refractivity contribution is 7.09. The lowest BCUT2D eigenvalue weighted by Crippen LogP contribution is -2.19. The maximum Gasteiger partial charge on any atom is 0.225 e. The standard InChI is InChI=1S/C12H15ClN4OS/c1-8(18-3)11-16-10(7-19-11)6-17(2)12-14-4-9(13)5-15-12/h4-5,7-8H,6H2,1-3H3. The lowest BCUT2D eigenvalue weighted by Gasteiger charge is -2.15. The zero-order valence-corrected chi connectivity index (χ0v) is 12.6. The molecule has 0 aliphatic rings. The first-order valence-corrected chi connectivity index (χ1v) is 7.01. The second kappa shape index (κ2) is 6.27. The molecular formula is C12H15ClN4OS. The molecular weight excluding hydrogens is 284 g/mol. The number of methoxy groups -OCH3 is 1. The Bertz CT molecular complexity index is 531. The zero-order chi connectivity index (χ0) is 13.8. The lowest BCUT2D eigenvalue weighted by molar-refractivity contribution is 0.119. The van der Waals surface area contributed by atoms with Crippen LogP contribution in [0.4, 0.5) is 5.95 Å². The topological polar surface area (TPSA) is 51.1 Å². The van der Waals surface area contributed by atoms with Gasteiger partial charge in [-0.3, -0.25) is 0 Å². The molecule has 0 aliphatic heterocycles. The number of ether oxygens (including phenoxy) is 1. The Morgan fingerprint density at radius 1 is 1.42 bits per heavy atom. The Hall–Kier alpha value is -1.24. The molecule has 0 aliphatic carbocycles. The van der Waals surface area contributed by atoms with E-state index in [0.717, 1.165) is 10.7 Å². The van der Waals surface area contributed by atoms with Crippen molar-refractivity contribution in [2.45, 2.75) is 19.6 Å². The van der Waals surface area contributed by atoms with Gasteiger partial charge in [0.1, 0.15) is 11.1 Å². The summed E-state index contributed by atoms with van der Waals surface area (Å²) in [6, 6.07) is 0. The number of halogens is 1. The van der Waals surface area contributed by atoms with Crippen molar-refractivity contribution in [3.63, 3.8) is 0 Å². The normalized spacial score (nSPS) is 12.4. The van der Waals surface area contributed by atoms with Gasteiger partial charge >= 0.3 is 0 Å². The van der Waals surface area contributed by atoms with Gasteiger partial charge in [0.05, 0.1) is 29.7 Å². The summed E-state index contributed by atoms with van der Waals surface area (Å²) in [7, 11) is 3.60. The molecule has 0 N–H and O–H groups in total. The summed E-state index contributed by atoms with van der Waals surface area (Å²) < 4.78 is 5.25. The van der Waals surface area contributed by atoms with E-state index in [1.807, 2.05) is 24.3 Å². The SMILES string of the molecule is COC(C)c1nc(CN(C)c2ncc(Cl)cn2)cs1. The van der Waals surface area contributed by atoms with Crippen LogP contribution in [0.25, 0.3) is 0 Å². The first kappa shape index (κ1) is 14.2. The van der Waals surface area contributed by atoms with Gasteiger partial charge in [-0.05, 0) is 6.92 Å². The molecule has 102 valence electrons. The van der Waals surface area contributed by atoms with E-state index < -0.39 is 0 Å². The Labute approximate surface area is 121 Å². The summed E-state index contributed by atoms with van der Waals surface area (Å²) in [6.45, 7) is 2.63. The van der Waals surface area contributed by atoms with E-state index in [-0.39, 0.29) is 6.10 Å². The molecule has 0 radical (unpaired) electrons. The molecule has 7 heteroatoms. The van der Waals surface area contributed by atoms with Crippen LogP contribution in [-0.2, 0) is 11.3 Å². The highest BCUT2D eigenvalue weighted by atomic mass is 35.5. The van der Waals surface area contributed by atoms with Crippen LogP contribution in [0.1, 0.15) is 23.7 Å². The van der Waals surface area contributed by atoms with Crippen molar-refractivity contribution >= 4 is 28.9 Å². The van der Waals surface area contributed by atoms with Crippen molar-refractivity contribution in [2.75, 3.05) is 19.1 Å². The van der Waals surface area contributed by atoms with Crippen molar-refractivity contribution in [3.8, 4) is 0 Å². The van der Waals surface area contributed by atoms with E-state index in [0.29, 0.717) is 17.5 Å². The van der Waals surface area contributed by atoms with Gasteiger partial charge in [-0.15, -0.1) is 11.3 Å². The fourth-order valence-corrected chi connectivity index (χ4v) is 2.44. The molecule has 0 bridgehead atoms. The van der Waals surface area contributed by atoms with Crippen LogP contribution in [0.3, 0.4) is 0 Å². The maximum absolute atomic E-state index is 5.76. The average Bonchev–Trinajstić information content (AvgIpc) is 2.87. The molecule has 0 amide bonds. The predicted octanol–water partition coefficient (Wildman–Crippen LogP) is 2.93. The van der Waals surface area contributed by atoms with Crippen LogP contribution < -0.4 is 4.90 Å². The highest BCUT2D eigenvalue weighted by Gasteiger charge is 2.11. The first-order valence-electron chi connectivity index (χ1n) is 5.76. The predicted molar refractivity (Wildman–Crippen MR) is 76.7 cm³/mol. The molecule has 0 saturated carbocycles. The third-order valence-corrected chi connectivity index (χ3v) is 3.87. The number of hydrogen-bond donors (Lipinski definition) is 0. The van der Waals surface area contributed by atoms with E-state index >= 15 is 0 Å². The van der Waals surface area contributed by atoms with Gasteiger partial charge in [0, 0.05) is 19.5 Å². The quantitative estimate of drug-likeness (QED) is 0.849. The second-order valence-corrected chi connectivity index (χ2v) is 5.44. The molecule has 1 atom stereocenters. The van der Waals surface area contributed by atoms with Gasteiger partial charge in [-0.1, -0.05) is 11.6 Å². The number of anilines is 1. The maximum atomic E-state index is 5.76. The largest absolute Gasteiger partial charge is 0.375 e. The highest BCUT2D eigenvalue weighted by Crippen LogP contribution is 2.21. The molecule has 2 heterocycles. The molecule has 5 nitrogen and oxygen atoms in total. The van der Waals surface area contributed by atoms with Crippen molar-refractivity contribution < 1.29 is 4.74 Å². The molecule has 1 unspecified atom stereocenters. The molecule has 2 aromatic rings. The number of thiazole rings is 1. The van der Waals surface area contributed by atoms with Crippen LogP contribution in [0, 0.1) is 0 Å². The van der Waals surface area contributed by atoms with Gasteiger partial charge in [-0.25, -0.2) is 15.0 Å². The fourth-order valence-electron chi connectivity index (χ4n) is 1.50. The van der Waals surface area contributed by atoms with Crippen LogP contribution in [-0.4, -0.2) is 29.1 Å². The molecule has 0 saturated heterocycles. The van der Waals surface area contributed by atoms with Crippen molar-refractivity contribution in [2.24, 2.45) is 0 Å². The summed E-state index contributed by atoms with van der Waals surface area (Å²) in [6.07, 6.45) is 3.19. The van der Waals surface area contributed by atoms with Crippen LogP contribution >= 0.6 is 22.9 Å². The van der Waals surface area contributed by atoms with E-state index in [1.165, 1.54) is 0 Å². The van der Waals surface area contributed by atoms with E-state index in [2.05, 4.69) is 15.0 Å². The fraction of sp³-hybridized carbons (Fsp3) is 0.417. The number of nitrogens with zero attached hydrogens (tertiary/aromatic N) is 4. The van der Waals surface area contributed by atoms with Gasteiger partial charge in [0.2, 0.25) is 5.95 Å². The monoisotopic (exact) mass is 298 g/mol. The number of hydrogen-bond acceptors (Lipinski definition) is 6. The molecule has 19 heavy (non-hydrogen) atoms. The van der Waals surface area contributed by atoms with Crippen molar-refractivity contribution in [1.29, 1.82) is 0 Å². The third kappa shape index (κ3) is 3.62. The van der Waals surface area contributed by atoms with Crippen molar-refractivity contribution in [3.05, 3.63) is 33.5 Å². The summed E-state index contributed by atoms with van der Waals surface area (Å²) in [5, 5.41) is 3.53. The summed E-state index contributed by atoms with van der Waals surface area (Å²) in [5.74, 6) is 0.624. The Balaban J connectivity index is 2.04. The van der Waals surface area contributed by atoms with E-state index in [4.69, 9.17) is 16.3 Å². The van der Waals surface area contributed by atoms with Crippen molar-refractivity contribution in [1.82, 2.24) is 15.0 Å². The van der Waals surface area contributed by atoms with Gasteiger partial charge in [-0.2, -0.15) is 0 Å². The van der Waals surface area contributed by atoms with Crippen LogP contribution in [0.15, 0.2) is 17.8 Å². The minimum atomic E-state index is 0.0239. The smallest absolute Gasteiger partial charge is 0.225 e. The van der Waals surface area contributed by atoms with E-state index in [1.54, 1.807) is 30.8 Å². The van der Waals surface area contributed by atoms with E-state index in [9.17, 15) is 0 Å². The summed E-state index contributed by atoms with van der Waals surface area (Å²) >= 11 is 7.36. The molecule has 2 aromatic heterocycles. The Morgan fingerprint density at radius 3 is 2.74 bits per heavy atom. The molecule has 0 spiro atoms. The van der Waals surface area contributed by atoms with Crippen LogP contribution in [0.2, 0.25) is 5.02 Å². The summed E-state index contributed by atoms with van der Waals surface area (Å²) in [5.41, 5.74) is 0.977. The third-order valence-electron chi connectivity index (χ3n) is 2.62. The summed E-state index contributed by atoms with van der Waals surface area (Å²) in [4.78, 5) is 14.8. The Morgan fingerprint density at radius 2 is 2.11 bits per heavy atom. The van der Waals surface area contributed by atoms with Gasteiger partial charge < -0.3 is 9.64 Å². The molecule has 0 aromatic carbocycles. The number of aromatic nitrogens is 3. The zero-order valence-electron chi connectivity index (χ0n) is 11.0. The molecule has 2 rings (SSSR count). The minimum absolute atomic E-state index is 0.0239. The second-order valence-electron chi connectivity index (χ2n) is 4.11. The first-order chi connectivity index (χ1) is 9.10. The number of rotatable bonds is 5. The lowest BCUT2D eigenvalue weighted by atomic mass is 10.4. The average molecular weight is 299 g/mol.